The molecule has 1 amide bonds. The molecule has 0 aliphatic carbocycles. The summed E-state index contributed by atoms with van der Waals surface area (Å²) in [5, 5.41) is 8.51. The summed E-state index contributed by atoms with van der Waals surface area (Å²) >= 11 is 1.14. The molecular weight excluding hydrogens is 204 g/mol. The van der Waals surface area contributed by atoms with E-state index >= 15 is 0 Å². The minimum absolute atomic E-state index is 0.0650. The fraction of sp³-hybridized carbons (Fsp3) is 0.375. The molecule has 0 aromatic heterocycles. The molecule has 0 saturated carbocycles. The van der Waals surface area contributed by atoms with E-state index in [-0.39, 0.29) is 10.9 Å². The highest BCUT2D eigenvalue weighted by Gasteiger charge is 2.24. The molecule has 1 aliphatic rings. The lowest BCUT2D eigenvalue weighted by Crippen LogP contribution is -2.22. The molecule has 14 heavy (non-hydrogen) atoms. The summed E-state index contributed by atoms with van der Waals surface area (Å²) in [6.45, 7) is 1.70. The topological polar surface area (TPSA) is 70.4 Å². The van der Waals surface area contributed by atoms with E-state index < -0.39 is 5.97 Å². The minimum Gasteiger partial charge on any atom is -0.432 e. The van der Waals surface area contributed by atoms with Gasteiger partial charge >= 0.3 is 5.97 Å². The predicted molar refractivity (Wildman–Crippen MR) is 50.0 cm³/mol. The maximum Gasteiger partial charge on any atom is 0.307 e. The van der Waals surface area contributed by atoms with Gasteiger partial charge in [-0.1, -0.05) is 11.8 Å². The first-order valence-electron chi connectivity index (χ1n) is 3.87. The normalized spacial score (nSPS) is 16.7. The predicted octanol–water partition coefficient (Wildman–Crippen LogP) is 1.08. The van der Waals surface area contributed by atoms with Crippen molar-refractivity contribution in [2.24, 2.45) is 0 Å². The molecule has 6 heteroatoms. The van der Waals surface area contributed by atoms with Gasteiger partial charge in [0.1, 0.15) is 12.3 Å². The van der Waals surface area contributed by atoms with Gasteiger partial charge in [-0.25, -0.2) is 0 Å². The molecule has 1 fully saturated rings. The molecular formula is C8H8N2O3S. The number of carbonyl (C=O) groups excluding carboxylic acids is 2. The fourth-order valence-electron chi connectivity index (χ4n) is 0.901. The summed E-state index contributed by atoms with van der Waals surface area (Å²) in [5.41, 5.74) is 0.0650. The van der Waals surface area contributed by atoms with Crippen LogP contribution in [0.1, 0.15) is 6.92 Å². The minimum atomic E-state index is -0.517. The van der Waals surface area contributed by atoms with Crippen LogP contribution in [0.15, 0.2) is 12.0 Å². The Balaban J connectivity index is 2.71. The van der Waals surface area contributed by atoms with Crippen LogP contribution in [-0.4, -0.2) is 28.4 Å². The Kier molecular flexibility index (Phi) is 3.54. The molecule has 1 saturated heterocycles. The Bertz CT molecular complexity index is 332. The Morgan fingerprint density at radius 2 is 2.50 bits per heavy atom. The average molecular weight is 212 g/mol. The van der Waals surface area contributed by atoms with Crippen LogP contribution in [0.2, 0.25) is 0 Å². The van der Waals surface area contributed by atoms with Crippen molar-refractivity contribution >= 4 is 23.0 Å². The molecule has 74 valence electrons. The van der Waals surface area contributed by atoms with Crippen molar-refractivity contribution in [3.63, 3.8) is 0 Å². The van der Waals surface area contributed by atoms with E-state index in [1.165, 1.54) is 11.8 Å². The maximum absolute atomic E-state index is 11.2. The molecule has 1 aliphatic heterocycles. The number of rotatable bonds is 2. The average Bonchev–Trinajstić information content (AvgIpc) is 2.53. The number of hydrogen-bond acceptors (Lipinski definition) is 5. The van der Waals surface area contributed by atoms with E-state index in [4.69, 9.17) is 5.26 Å². The molecule has 0 radical (unpaired) electrons. The molecule has 5 nitrogen and oxygen atoms in total. The van der Waals surface area contributed by atoms with E-state index in [1.807, 2.05) is 0 Å². The van der Waals surface area contributed by atoms with Crippen LogP contribution in [0.3, 0.4) is 0 Å². The zero-order chi connectivity index (χ0) is 10.6. The SMILES string of the molecule is CC(=O)OC=C(C#N)N1CCSC1=O. The zero-order valence-electron chi connectivity index (χ0n) is 7.52. The summed E-state index contributed by atoms with van der Waals surface area (Å²) in [6.07, 6.45) is 1.01. The highest BCUT2D eigenvalue weighted by molar-refractivity contribution is 8.13. The van der Waals surface area contributed by atoms with Gasteiger partial charge in [0.05, 0.1) is 0 Å². The van der Waals surface area contributed by atoms with E-state index in [9.17, 15) is 9.59 Å². The molecule has 0 spiro atoms. The van der Waals surface area contributed by atoms with Gasteiger partial charge in [-0.3, -0.25) is 14.5 Å². The van der Waals surface area contributed by atoms with Gasteiger partial charge in [-0.05, 0) is 0 Å². The van der Waals surface area contributed by atoms with Crippen LogP contribution in [0.25, 0.3) is 0 Å². The Labute approximate surface area is 85.3 Å². The number of amides is 1. The quantitative estimate of drug-likeness (QED) is 0.389. The van der Waals surface area contributed by atoms with Gasteiger partial charge < -0.3 is 4.74 Å². The second-order valence-corrected chi connectivity index (χ2v) is 3.54. The number of ether oxygens (including phenoxy) is 1. The number of nitriles is 1. The Hall–Kier alpha value is -1.48. The van der Waals surface area contributed by atoms with Gasteiger partial charge in [0.2, 0.25) is 0 Å². The van der Waals surface area contributed by atoms with Crippen molar-refractivity contribution < 1.29 is 14.3 Å². The van der Waals surface area contributed by atoms with Gasteiger partial charge in [-0.15, -0.1) is 0 Å². The third kappa shape index (κ3) is 2.50. The third-order valence-electron chi connectivity index (χ3n) is 1.50. The number of thioether (sulfide) groups is 1. The lowest BCUT2D eigenvalue weighted by atomic mass is 10.4. The monoisotopic (exact) mass is 212 g/mol. The summed E-state index contributed by atoms with van der Waals surface area (Å²) in [5.74, 6) is 0.134. The van der Waals surface area contributed by atoms with E-state index in [2.05, 4.69) is 4.74 Å². The van der Waals surface area contributed by atoms with Crippen molar-refractivity contribution in [2.45, 2.75) is 6.92 Å². The number of allylic oxidation sites excluding steroid dienone is 1. The van der Waals surface area contributed by atoms with Crippen molar-refractivity contribution in [1.29, 1.82) is 5.26 Å². The summed E-state index contributed by atoms with van der Waals surface area (Å²) in [6, 6.07) is 1.81. The summed E-state index contributed by atoms with van der Waals surface area (Å²) in [7, 11) is 0. The third-order valence-corrected chi connectivity index (χ3v) is 2.36. The van der Waals surface area contributed by atoms with Crippen LogP contribution in [0, 0.1) is 11.3 Å². The van der Waals surface area contributed by atoms with Crippen molar-refractivity contribution in [2.75, 3.05) is 12.3 Å². The molecule has 0 aromatic carbocycles. The van der Waals surface area contributed by atoms with E-state index in [1.54, 1.807) is 6.07 Å². The fourth-order valence-corrected chi connectivity index (χ4v) is 1.70. The lowest BCUT2D eigenvalue weighted by molar-refractivity contribution is -0.135. The molecule has 0 atom stereocenters. The van der Waals surface area contributed by atoms with Crippen LogP contribution < -0.4 is 0 Å². The second-order valence-electron chi connectivity index (χ2n) is 2.49. The lowest BCUT2D eigenvalue weighted by Gasteiger charge is -2.11. The van der Waals surface area contributed by atoms with Crippen molar-refractivity contribution in [3.8, 4) is 6.07 Å². The number of esters is 1. The molecule has 1 heterocycles. The smallest absolute Gasteiger partial charge is 0.307 e. The van der Waals surface area contributed by atoms with Gasteiger partial charge in [0.25, 0.3) is 5.24 Å². The maximum atomic E-state index is 11.2. The van der Waals surface area contributed by atoms with Gasteiger partial charge in [0, 0.05) is 19.2 Å². The first-order chi connectivity index (χ1) is 6.65. The second kappa shape index (κ2) is 4.67. The molecule has 0 unspecified atom stereocenters. The number of nitrogens with zero attached hydrogens (tertiary/aromatic N) is 2. The van der Waals surface area contributed by atoms with Crippen LogP contribution >= 0.6 is 11.8 Å². The van der Waals surface area contributed by atoms with Crippen LogP contribution in [0.4, 0.5) is 4.79 Å². The highest BCUT2D eigenvalue weighted by Crippen LogP contribution is 2.21. The van der Waals surface area contributed by atoms with Crippen molar-refractivity contribution in [3.05, 3.63) is 12.0 Å². The van der Waals surface area contributed by atoms with E-state index in [0.29, 0.717) is 12.3 Å². The first-order valence-corrected chi connectivity index (χ1v) is 4.85. The van der Waals surface area contributed by atoms with Crippen LogP contribution in [0.5, 0.6) is 0 Å². The Morgan fingerprint density at radius 1 is 1.79 bits per heavy atom. The standard InChI is InChI=1S/C8H8N2O3S/c1-6(11)13-5-7(4-9)10-2-3-14-8(10)12/h5H,2-3H2,1H3. The number of hydrogen-bond donors (Lipinski definition) is 0. The summed E-state index contributed by atoms with van der Waals surface area (Å²) in [4.78, 5) is 22.9. The molecule has 1 rings (SSSR count). The highest BCUT2D eigenvalue weighted by atomic mass is 32.2. The molecule has 0 aromatic rings. The van der Waals surface area contributed by atoms with E-state index in [0.717, 1.165) is 18.0 Å². The first kappa shape index (κ1) is 10.6. The molecule has 0 bridgehead atoms. The van der Waals surface area contributed by atoms with Gasteiger partial charge in [-0.2, -0.15) is 5.26 Å². The van der Waals surface area contributed by atoms with Gasteiger partial charge in [0.15, 0.2) is 5.70 Å². The van der Waals surface area contributed by atoms with Crippen molar-refractivity contribution in [1.82, 2.24) is 4.90 Å². The zero-order valence-corrected chi connectivity index (χ0v) is 8.34. The Morgan fingerprint density at radius 3 is 2.93 bits per heavy atom. The molecule has 0 N–H and O–H groups in total. The summed E-state index contributed by atoms with van der Waals surface area (Å²) < 4.78 is 4.53. The number of carbonyl (C=O) groups is 2. The van der Waals surface area contributed by atoms with Crippen LogP contribution in [-0.2, 0) is 9.53 Å². The largest absolute Gasteiger partial charge is 0.432 e.